The highest BCUT2D eigenvalue weighted by molar-refractivity contribution is 6.32. The highest BCUT2D eigenvalue weighted by Crippen LogP contribution is 2.37. The Balaban J connectivity index is 1.18. The van der Waals surface area contributed by atoms with Crippen molar-refractivity contribution in [3.05, 3.63) is 136 Å². The molecule has 6 rings (SSSR count). The summed E-state index contributed by atoms with van der Waals surface area (Å²) < 4.78 is 14.5. The van der Waals surface area contributed by atoms with Gasteiger partial charge in [0.1, 0.15) is 36.4 Å². The first kappa shape index (κ1) is 42.3. The zero-order valence-corrected chi connectivity index (χ0v) is 33.5. The number of carbonyl (C=O) groups is 2. The van der Waals surface area contributed by atoms with Crippen molar-refractivity contribution >= 4 is 29.2 Å². The lowest BCUT2D eigenvalue weighted by Crippen LogP contribution is -2.28. The number of benzene rings is 3. The van der Waals surface area contributed by atoms with Crippen LogP contribution in [0.3, 0.4) is 0 Å². The summed E-state index contributed by atoms with van der Waals surface area (Å²) in [6.07, 6.45) is 6.25. The predicted octanol–water partition coefficient (Wildman–Crippen LogP) is 7.24. The smallest absolute Gasteiger partial charge is 0.306 e. The molecule has 5 N–H and O–H groups in total. The molecule has 3 aromatic carbocycles. The van der Waals surface area contributed by atoms with Gasteiger partial charge in [0.15, 0.2) is 0 Å². The Morgan fingerprint density at radius 2 is 1.64 bits per heavy atom. The average Bonchev–Trinajstić information content (AvgIpc) is 3.62. The molecule has 0 aliphatic heterocycles. The van der Waals surface area contributed by atoms with E-state index >= 15 is 0 Å². The van der Waals surface area contributed by atoms with E-state index in [0.717, 1.165) is 61.4 Å². The zero-order valence-electron chi connectivity index (χ0n) is 32.7. The molecule has 3 aromatic heterocycles. The maximum absolute atomic E-state index is 11.0. The van der Waals surface area contributed by atoms with E-state index in [9.17, 15) is 20.0 Å². The number of carboxylic acid groups (broad SMARTS) is 2. The van der Waals surface area contributed by atoms with Crippen molar-refractivity contribution in [3.63, 3.8) is 0 Å². The van der Waals surface area contributed by atoms with Gasteiger partial charge in [-0.25, -0.2) is 4.98 Å². The molecule has 13 nitrogen and oxygen atoms in total. The number of carboxylic acids is 2. The molecule has 0 spiro atoms. The molecule has 0 bridgehead atoms. The summed E-state index contributed by atoms with van der Waals surface area (Å²) in [6, 6.07) is 23.8. The third kappa shape index (κ3) is 11.2. The van der Waals surface area contributed by atoms with Gasteiger partial charge in [0, 0.05) is 68.0 Å². The molecule has 14 heteroatoms. The second kappa shape index (κ2) is 19.9. The molecule has 6 aromatic rings. The number of nitrogens with zero attached hydrogens (tertiary/aromatic N) is 4. The molecular weight excluding hydrogens is 772 g/mol. The summed E-state index contributed by atoms with van der Waals surface area (Å²) in [7, 11) is 0. The van der Waals surface area contributed by atoms with E-state index in [4.69, 9.17) is 36.3 Å². The fourth-order valence-corrected chi connectivity index (χ4v) is 7.03. The van der Waals surface area contributed by atoms with E-state index in [2.05, 4.69) is 59.8 Å². The van der Waals surface area contributed by atoms with Gasteiger partial charge in [-0.15, -0.1) is 0 Å². The molecule has 0 saturated heterocycles. The third-order valence-corrected chi connectivity index (χ3v) is 10.2. The van der Waals surface area contributed by atoms with Crippen molar-refractivity contribution in [3.8, 4) is 39.8 Å². The maximum atomic E-state index is 11.0. The van der Waals surface area contributed by atoms with E-state index in [1.54, 1.807) is 24.4 Å². The highest BCUT2D eigenvalue weighted by Gasteiger charge is 2.16. The van der Waals surface area contributed by atoms with E-state index < -0.39 is 18.0 Å². The number of ether oxygens (including phenoxy) is 2. The summed E-state index contributed by atoms with van der Waals surface area (Å²) in [5.74, 6) is -0.924. The zero-order chi connectivity index (χ0) is 41.9. The Morgan fingerprint density at radius 3 is 2.42 bits per heavy atom. The van der Waals surface area contributed by atoms with Crippen LogP contribution in [0.5, 0.6) is 11.5 Å². The molecule has 0 saturated carbocycles. The van der Waals surface area contributed by atoms with Gasteiger partial charge in [-0.05, 0) is 90.0 Å². The number of aromatic nitrogens is 3. The third-order valence-electron chi connectivity index (χ3n) is 9.86. The van der Waals surface area contributed by atoms with Crippen molar-refractivity contribution in [2.45, 2.75) is 65.5 Å². The highest BCUT2D eigenvalue weighted by atomic mass is 35.5. The second-order valence-corrected chi connectivity index (χ2v) is 14.6. The van der Waals surface area contributed by atoms with Gasteiger partial charge in [-0.2, -0.15) is 5.26 Å². The number of aliphatic hydroxyl groups excluding tert-OH is 1. The summed E-state index contributed by atoms with van der Waals surface area (Å²) in [6.45, 7) is 6.02. The minimum absolute atomic E-state index is 0.0644. The molecule has 304 valence electrons. The lowest BCUT2D eigenvalue weighted by molar-refractivity contribution is -0.139. The average molecular weight is 817 g/mol. The van der Waals surface area contributed by atoms with Crippen molar-refractivity contribution in [2.24, 2.45) is 0 Å². The Morgan fingerprint density at radius 1 is 0.881 bits per heavy atom. The van der Waals surface area contributed by atoms with Gasteiger partial charge in [0.05, 0.1) is 28.8 Å². The quantitative estimate of drug-likeness (QED) is 0.0486. The van der Waals surface area contributed by atoms with Crippen molar-refractivity contribution < 1.29 is 34.4 Å². The van der Waals surface area contributed by atoms with Crippen LogP contribution in [0, 0.1) is 25.2 Å². The van der Waals surface area contributed by atoms with Gasteiger partial charge in [0.2, 0.25) is 0 Å². The van der Waals surface area contributed by atoms with E-state index in [0.29, 0.717) is 48.1 Å². The number of nitrogens with one attached hydrogen (secondary N) is 2. The minimum Gasteiger partial charge on any atom is -0.488 e. The van der Waals surface area contributed by atoms with E-state index in [-0.39, 0.29) is 32.6 Å². The van der Waals surface area contributed by atoms with E-state index in [1.807, 2.05) is 41.1 Å². The largest absolute Gasteiger partial charge is 0.488 e. The number of halogens is 1. The summed E-state index contributed by atoms with van der Waals surface area (Å²) in [5.41, 5.74) is 10.8. The van der Waals surface area contributed by atoms with Crippen LogP contribution in [0.1, 0.15) is 58.3 Å². The monoisotopic (exact) mass is 816 g/mol. The SMILES string of the molecule is Cc1c(COc2cc(OCc3cncc(C#N)c3)c(CNCCCC(=O)O)cc2Cl)cccc1-c1cccc(-c2ccn3cc(CNCC(O)CC(=O)O)nc3c2)c1C. The molecular formula is C45H45ClN6O7. The number of nitriles is 1. The normalized spacial score (nSPS) is 11.6. The van der Waals surface area contributed by atoms with Crippen molar-refractivity contribution in [1.82, 2.24) is 25.0 Å². The topological polar surface area (TPSA) is 191 Å². The summed E-state index contributed by atoms with van der Waals surface area (Å²) in [4.78, 5) is 30.7. The number of fused-ring (bicyclic) bond motifs is 1. The van der Waals surface area contributed by atoms with Crippen LogP contribution < -0.4 is 20.1 Å². The Kier molecular flexibility index (Phi) is 14.3. The predicted molar refractivity (Wildman–Crippen MR) is 223 cm³/mol. The number of aliphatic carboxylic acids is 2. The van der Waals surface area contributed by atoms with Crippen molar-refractivity contribution in [2.75, 3.05) is 13.1 Å². The molecule has 1 atom stereocenters. The molecule has 0 radical (unpaired) electrons. The number of pyridine rings is 2. The van der Waals surface area contributed by atoms with Crippen LogP contribution in [-0.2, 0) is 35.9 Å². The number of imidazole rings is 1. The fraction of sp³-hybridized carbons (Fsp3) is 0.267. The molecule has 1 unspecified atom stereocenters. The van der Waals surface area contributed by atoms with Gasteiger partial charge < -0.3 is 39.8 Å². The first-order chi connectivity index (χ1) is 28.5. The Bertz CT molecular complexity index is 2500. The molecule has 3 heterocycles. The number of aliphatic hydroxyl groups is 1. The van der Waals surface area contributed by atoms with Crippen LogP contribution >= 0.6 is 11.6 Å². The first-order valence-corrected chi connectivity index (χ1v) is 19.5. The van der Waals surface area contributed by atoms with Crippen LogP contribution in [0.25, 0.3) is 27.9 Å². The van der Waals surface area contributed by atoms with Gasteiger partial charge in [-0.1, -0.05) is 48.0 Å². The Labute approximate surface area is 346 Å². The van der Waals surface area contributed by atoms with E-state index in [1.165, 1.54) is 6.20 Å². The Hall–Kier alpha value is -6.30. The fourth-order valence-electron chi connectivity index (χ4n) is 6.79. The first-order valence-electron chi connectivity index (χ1n) is 19.1. The lowest BCUT2D eigenvalue weighted by atomic mass is 9.90. The number of hydrogen-bond acceptors (Lipinski definition) is 10. The molecule has 0 fully saturated rings. The molecule has 59 heavy (non-hydrogen) atoms. The molecule has 0 aliphatic rings. The van der Waals surface area contributed by atoms with Crippen molar-refractivity contribution in [1.29, 1.82) is 5.26 Å². The number of rotatable bonds is 20. The standard InChI is InChI=1S/C45H45ClN6O7/c1-28-33(27-59-42-18-41(58-26-31-14-30(19-47)20-49-21-31)34(15-40(42)46)22-48-12-5-10-44(54)55)6-3-8-38(28)39-9-4-7-37(29(39)2)32-11-13-52-25-35(51-43(52)16-32)23-50-24-36(53)17-45(56)57/h3-4,6-9,11,13-16,18,20-21,25,36,48,50,53H,5,10,12,17,22-24,26-27H2,1-2H3,(H,54,55)(H,56,57). The minimum atomic E-state index is -1.05. The van der Waals surface area contributed by atoms with Crippen LogP contribution in [-0.4, -0.2) is 60.8 Å². The van der Waals surface area contributed by atoms with Gasteiger partial charge in [-0.3, -0.25) is 14.6 Å². The molecule has 0 amide bonds. The van der Waals surface area contributed by atoms with Crippen LogP contribution in [0.4, 0.5) is 0 Å². The van der Waals surface area contributed by atoms with Gasteiger partial charge >= 0.3 is 11.9 Å². The van der Waals surface area contributed by atoms with Gasteiger partial charge in [0.25, 0.3) is 0 Å². The second-order valence-electron chi connectivity index (χ2n) is 14.2. The summed E-state index contributed by atoms with van der Waals surface area (Å²) >= 11 is 6.79. The van der Waals surface area contributed by atoms with Crippen LogP contribution in [0.2, 0.25) is 5.02 Å². The number of hydrogen-bond donors (Lipinski definition) is 5. The summed E-state index contributed by atoms with van der Waals surface area (Å²) in [5, 5.41) is 43.8. The van der Waals surface area contributed by atoms with Crippen LogP contribution in [0.15, 0.2) is 91.5 Å². The molecule has 0 aliphatic carbocycles. The maximum Gasteiger partial charge on any atom is 0.306 e. The lowest BCUT2D eigenvalue weighted by Gasteiger charge is -2.18.